The molecule has 0 amide bonds. The monoisotopic (exact) mass is 382 g/mol. The molecule has 1 nitrogen and oxygen atoms in total. The molecule has 0 aromatic carbocycles. The van der Waals surface area contributed by atoms with Gasteiger partial charge in [-0.1, -0.05) is 77.7 Å². The van der Waals surface area contributed by atoms with Gasteiger partial charge in [-0.05, 0) is 78.8 Å². The zero-order chi connectivity index (χ0) is 20.1. The van der Waals surface area contributed by atoms with E-state index in [-0.39, 0.29) is 11.5 Å². The second kappa shape index (κ2) is 7.46. The molecule has 0 aromatic heterocycles. The van der Waals surface area contributed by atoms with Crippen LogP contribution >= 0.6 is 0 Å². The number of hydrogen-bond acceptors (Lipinski definition) is 1. The van der Waals surface area contributed by atoms with E-state index < -0.39 is 0 Å². The van der Waals surface area contributed by atoms with E-state index in [1.165, 1.54) is 44.1 Å². The van der Waals surface area contributed by atoms with Crippen LogP contribution in [0.1, 0.15) is 92.4 Å². The highest BCUT2D eigenvalue weighted by molar-refractivity contribution is 5.53. The van der Waals surface area contributed by atoms with Crippen molar-refractivity contribution in [2.75, 3.05) is 0 Å². The molecule has 4 aliphatic rings. The molecule has 0 aromatic rings. The third-order valence-corrected chi connectivity index (χ3v) is 9.17. The fraction of sp³-hybridized carbons (Fsp3) is 0.778. The average Bonchev–Trinajstić information content (AvgIpc) is 2.99. The van der Waals surface area contributed by atoms with Crippen LogP contribution in [-0.2, 0) is 0 Å². The van der Waals surface area contributed by atoms with Crippen molar-refractivity contribution >= 4 is 0 Å². The Morgan fingerprint density at radius 1 is 1.07 bits per heavy atom. The Morgan fingerprint density at radius 3 is 2.61 bits per heavy atom. The smallest absolute Gasteiger partial charge is 0.0578 e. The van der Waals surface area contributed by atoms with Crippen molar-refractivity contribution < 1.29 is 5.11 Å². The maximum absolute atomic E-state index is 10.2. The maximum Gasteiger partial charge on any atom is 0.0578 e. The van der Waals surface area contributed by atoms with Crippen LogP contribution in [0.5, 0.6) is 0 Å². The Morgan fingerprint density at radius 2 is 1.86 bits per heavy atom. The van der Waals surface area contributed by atoms with Crippen LogP contribution in [0.25, 0.3) is 0 Å². The first-order valence-corrected chi connectivity index (χ1v) is 12.1. The van der Waals surface area contributed by atoms with Gasteiger partial charge in [-0.3, -0.25) is 0 Å². The molecule has 0 heterocycles. The number of fused-ring (bicyclic) bond motifs is 5. The molecule has 0 saturated heterocycles. The zero-order valence-electron chi connectivity index (χ0n) is 18.9. The van der Waals surface area contributed by atoms with Gasteiger partial charge in [0.05, 0.1) is 6.10 Å². The molecule has 0 radical (unpaired) electrons. The lowest BCUT2D eigenvalue weighted by Crippen LogP contribution is -2.41. The molecule has 4 aliphatic carbocycles. The normalized spacial score (nSPS) is 40.8. The van der Waals surface area contributed by atoms with E-state index in [2.05, 4.69) is 52.8 Å². The molecule has 2 fully saturated rings. The van der Waals surface area contributed by atoms with Gasteiger partial charge in [0.1, 0.15) is 0 Å². The lowest BCUT2D eigenvalue weighted by Gasteiger charge is -2.50. The molecule has 6 atom stereocenters. The van der Waals surface area contributed by atoms with Crippen molar-refractivity contribution in [3.63, 3.8) is 0 Å². The first-order valence-electron chi connectivity index (χ1n) is 12.1. The summed E-state index contributed by atoms with van der Waals surface area (Å²) in [6.07, 6.45) is 18.5. The first kappa shape index (κ1) is 20.5. The first-order chi connectivity index (χ1) is 13.3. The van der Waals surface area contributed by atoms with E-state index in [1.807, 2.05) is 0 Å². The Bertz CT molecular complexity index is 695. The van der Waals surface area contributed by atoms with Crippen molar-refractivity contribution in [1.82, 2.24) is 0 Å². The molecule has 28 heavy (non-hydrogen) atoms. The van der Waals surface area contributed by atoms with E-state index >= 15 is 0 Å². The predicted molar refractivity (Wildman–Crippen MR) is 119 cm³/mol. The minimum atomic E-state index is -0.133. The Kier molecular flexibility index (Phi) is 5.45. The highest BCUT2D eigenvalue weighted by Gasteiger charge is 2.54. The maximum atomic E-state index is 10.2. The summed E-state index contributed by atoms with van der Waals surface area (Å²) >= 11 is 0. The molecule has 0 bridgehead atoms. The van der Waals surface area contributed by atoms with Crippen LogP contribution in [-0.4, -0.2) is 11.2 Å². The molecule has 2 saturated carbocycles. The summed E-state index contributed by atoms with van der Waals surface area (Å²) in [5.74, 6) is 3.29. The number of allylic oxidation sites excluding steroid dienone is 5. The van der Waals surface area contributed by atoms with Gasteiger partial charge in [-0.2, -0.15) is 0 Å². The molecule has 156 valence electrons. The van der Waals surface area contributed by atoms with Crippen LogP contribution in [0.4, 0.5) is 0 Å². The fourth-order valence-electron chi connectivity index (χ4n) is 7.38. The fourth-order valence-corrected chi connectivity index (χ4v) is 7.38. The van der Waals surface area contributed by atoms with Gasteiger partial charge in [0, 0.05) is 5.41 Å². The summed E-state index contributed by atoms with van der Waals surface area (Å²) in [7, 11) is 0. The number of aliphatic hydroxyl groups excluding tert-OH is 1. The zero-order valence-corrected chi connectivity index (χ0v) is 18.9. The van der Waals surface area contributed by atoms with Crippen LogP contribution < -0.4 is 0 Å². The quantitative estimate of drug-likeness (QED) is 0.532. The lowest BCUT2D eigenvalue weighted by molar-refractivity contribution is 0.107. The molecule has 0 spiro atoms. The van der Waals surface area contributed by atoms with Crippen LogP contribution in [0.15, 0.2) is 34.9 Å². The van der Waals surface area contributed by atoms with Gasteiger partial charge in [0.15, 0.2) is 0 Å². The highest BCUT2D eigenvalue weighted by atomic mass is 16.3. The SMILES string of the molecule is CC(C)CCC[C@@H](C)[C@H]1CC[C@@H]2C3=CC=C4C[C@@H](O)CC[C@@]4(C)C3=CC[C@@]21C. The van der Waals surface area contributed by atoms with E-state index in [9.17, 15) is 5.11 Å². The predicted octanol–water partition coefficient (Wildman–Crippen LogP) is 7.23. The van der Waals surface area contributed by atoms with E-state index in [0.717, 1.165) is 42.9 Å². The Hall–Kier alpha value is -0.820. The summed E-state index contributed by atoms with van der Waals surface area (Å²) in [4.78, 5) is 0. The molecule has 0 aliphatic heterocycles. The van der Waals surface area contributed by atoms with Gasteiger partial charge in [-0.25, -0.2) is 0 Å². The minimum absolute atomic E-state index is 0.133. The van der Waals surface area contributed by atoms with Gasteiger partial charge in [0.2, 0.25) is 0 Å². The highest BCUT2D eigenvalue weighted by Crippen LogP contribution is 2.64. The molecular formula is C27H42O. The van der Waals surface area contributed by atoms with Crippen molar-refractivity contribution in [3.05, 3.63) is 34.9 Å². The van der Waals surface area contributed by atoms with Gasteiger partial charge < -0.3 is 5.11 Å². The van der Waals surface area contributed by atoms with Crippen molar-refractivity contribution in [1.29, 1.82) is 0 Å². The molecule has 1 N–H and O–H groups in total. The Labute approximate surface area is 173 Å². The molecule has 4 rings (SSSR count). The summed E-state index contributed by atoms with van der Waals surface area (Å²) in [6.45, 7) is 12.3. The van der Waals surface area contributed by atoms with Crippen molar-refractivity contribution in [3.8, 4) is 0 Å². The second-order valence-corrected chi connectivity index (χ2v) is 11.4. The molecule has 1 heteroatoms. The number of rotatable bonds is 5. The summed E-state index contributed by atoms with van der Waals surface area (Å²) in [5.41, 5.74) is 5.40. The van der Waals surface area contributed by atoms with Crippen LogP contribution in [0, 0.1) is 34.5 Å². The molecular weight excluding hydrogens is 340 g/mol. The third kappa shape index (κ3) is 3.26. The average molecular weight is 383 g/mol. The van der Waals surface area contributed by atoms with E-state index in [1.54, 1.807) is 11.1 Å². The molecule has 0 unspecified atom stereocenters. The van der Waals surface area contributed by atoms with Crippen molar-refractivity contribution in [2.24, 2.45) is 34.5 Å². The Balaban J connectivity index is 1.57. The summed E-state index contributed by atoms with van der Waals surface area (Å²) in [6, 6.07) is 0. The number of aliphatic hydroxyl groups is 1. The van der Waals surface area contributed by atoms with E-state index in [0.29, 0.717) is 5.41 Å². The summed E-state index contributed by atoms with van der Waals surface area (Å²) in [5, 5.41) is 10.2. The second-order valence-electron chi connectivity index (χ2n) is 11.4. The van der Waals surface area contributed by atoms with Crippen LogP contribution in [0.3, 0.4) is 0 Å². The third-order valence-electron chi connectivity index (χ3n) is 9.17. The lowest BCUT2D eigenvalue weighted by atomic mass is 9.54. The van der Waals surface area contributed by atoms with Gasteiger partial charge >= 0.3 is 0 Å². The van der Waals surface area contributed by atoms with Gasteiger partial charge in [-0.15, -0.1) is 0 Å². The van der Waals surface area contributed by atoms with Gasteiger partial charge in [0.25, 0.3) is 0 Å². The standard InChI is InChI=1S/C27H42O/c1-18(2)7-6-8-19(3)23-11-12-24-22-10-9-20-17-21(28)13-15-26(20,4)25(22)14-16-27(23,24)5/h9-10,14,18-19,21,23-24,28H,6-8,11-13,15-17H2,1-5H3/t19-,21+,23-,24-,26-,27-/m1/s1. The van der Waals surface area contributed by atoms with Crippen LogP contribution in [0.2, 0.25) is 0 Å². The van der Waals surface area contributed by atoms with Crippen molar-refractivity contribution in [2.45, 2.75) is 98.5 Å². The number of hydrogen-bond donors (Lipinski definition) is 1. The summed E-state index contributed by atoms with van der Waals surface area (Å²) < 4.78 is 0. The minimum Gasteiger partial charge on any atom is -0.393 e. The largest absolute Gasteiger partial charge is 0.393 e. The van der Waals surface area contributed by atoms with E-state index in [4.69, 9.17) is 0 Å². The topological polar surface area (TPSA) is 20.2 Å².